The minimum atomic E-state index is -0.496. The van der Waals surface area contributed by atoms with Gasteiger partial charge in [0.25, 0.3) is 17.5 Å². The fourth-order valence-corrected chi connectivity index (χ4v) is 3.46. The van der Waals surface area contributed by atoms with Crippen molar-refractivity contribution in [3.8, 4) is 0 Å². The molecule has 2 amide bonds. The molecule has 1 fully saturated rings. The molecule has 0 unspecified atom stereocenters. The normalized spacial score (nSPS) is 14.8. The van der Waals surface area contributed by atoms with Crippen molar-refractivity contribution in [3.63, 3.8) is 0 Å². The summed E-state index contributed by atoms with van der Waals surface area (Å²) in [6, 6.07) is 13.0. The summed E-state index contributed by atoms with van der Waals surface area (Å²) in [6.07, 6.45) is 6.56. The second-order valence-electron chi connectivity index (χ2n) is 7.54. The predicted octanol–water partition coefficient (Wildman–Crippen LogP) is 4.12. The van der Waals surface area contributed by atoms with Gasteiger partial charge in [-0.3, -0.25) is 19.7 Å². The lowest BCUT2D eigenvalue weighted by Crippen LogP contribution is -2.41. The molecule has 2 aromatic carbocycles. The monoisotopic (exact) mass is 407 g/mol. The number of carbonyl (C=O) groups excluding carboxylic acids is 2. The van der Waals surface area contributed by atoms with Crippen molar-refractivity contribution in [1.29, 1.82) is 0 Å². The molecule has 0 bridgehead atoms. The molecule has 1 aliphatic carbocycles. The van der Waals surface area contributed by atoms with Crippen LogP contribution < -0.4 is 10.6 Å². The van der Waals surface area contributed by atoms with Gasteiger partial charge in [0.15, 0.2) is 0 Å². The van der Waals surface area contributed by atoms with Gasteiger partial charge in [-0.05, 0) is 43.5 Å². The SMILES string of the molecule is Cc1ccc(C(=O)N/C(=C/c2cccc([N+](=O)[O-])c2)C(=O)NC2CCCCC2)cc1. The van der Waals surface area contributed by atoms with Crippen LogP contribution in [-0.4, -0.2) is 22.8 Å². The van der Waals surface area contributed by atoms with E-state index in [0.717, 1.165) is 37.7 Å². The van der Waals surface area contributed by atoms with E-state index in [0.29, 0.717) is 11.1 Å². The number of nitrogens with one attached hydrogen (secondary N) is 2. The topological polar surface area (TPSA) is 101 Å². The maximum atomic E-state index is 12.9. The summed E-state index contributed by atoms with van der Waals surface area (Å²) in [6.45, 7) is 1.92. The van der Waals surface area contributed by atoms with E-state index >= 15 is 0 Å². The van der Waals surface area contributed by atoms with Gasteiger partial charge in [-0.1, -0.05) is 49.1 Å². The molecule has 1 saturated carbocycles. The molecule has 0 aromatic heterocycles. The van der Waals surface area contributed by atoms with E-state index in [1.807, 2.05) is 19.1 Å². The highest BCUT2D eigenvalue weighted by atomic mass is 16.6. The summed E-state index contributed by atoms with van der Waals surface area (Å²) in [5.41, 5.74) is 1.89. The number of nitro benzene ring substituents is 1. The van der Waals surface area contributed by atoms with Gasteiger partial charge >= 0.3 is 0 Å². The fraction of sp³-hybridized carbons (Fsp3) is 0.304. The molecular formula is C23H25N3O4. The summed E-state index contributed by atoms with van der Waals surface area (Å²) in [5.74, 6) is -0.806. The van der Waals surface area contributed by atoms with Crippen molar-refractivity contribution >= 4 is 23.6 Å². The number of nitrogens with zero attached hydrogens (tertiary/aromatic N) is 1. The molecule has 2 N–H and O–H groups in total. The molecular weight excluding hydrogens is 382 g/mol. The lowest BCUT2D eigenvalue weighted by molar-refractivity contribution is -0.384. The van der Waals surface area contributed by atoms with Crippen molar-refractivity contribution in [2.75, 3.05) is 0 Å². The van der Waals surface area contributed by atoms with E-state index in [4.69, 9.17) is 0 Å². The number of nitro groups is 1. The molecule has 0 heterocycles. The average molecular weight is 407 g/mol. The Morgan fingerprint density at radius 3 is 2.43 bits per heavy atom. The molecule has 0 atom stereocenters. The summed E-state index contributed by atoms with van der Waals surface area (Å²) in [5, 5.41) is 16.7. The van der Waals surface area contributed by atoms with Gasteiger partial charge in [-0.15, -0.1) is 0 Å². The maximum Gasteiger partial charge on any atom is 0.270 e. The molecule has 0 aliphatic heterocycles. The van der Waals surface area contributed by atoms with Gasteiger partial charge in [0, 0.05) is 23.7 Å². The van der Waals surface area contributed by atoms with Crippen LogP contribution >= 0.6 is 0 Å². The van der Waals surface area contributed by atoms with Crippen molar-refractivity contribution in [3.05, 3.63) is 81.0 Å². The van der Waals surface area contributed by atoms with E-state index in [1.54, 1.807) is 24.3 Å². The number of rotatable bonds is 6. The van der Waals surface area contributed by atoms with Crippen LogP contribution in [0.2, 0.25) is 0 Å². The maximum absolute atomic E-state index is 12.9. The van der Waals surface area contributed by atoms with Crippen LogP contribution in [0, 0.1) is 17.0 Å². The zero-order valence-corrected chi connectivity index (χ0v) is 16.9. The fourth-order valence-electron chi connectivity index (χ4n) is 3.46. The number of non-ortho nitro benzene ring substituents is 1. The standard InChI is InChI=1S/C23H25N3O4/c1-16-10-12-18(13-11-16)22(27)25-21(23(28)24-19-7-3-2-4-8-19)15-17-6-5-9-20(14-17)26(29)30/h5-6,9-15,19H,2-4,7-8H2,1H3,(H,24,28)(H,25,27)/b21-15+. The third-order valence-corrected chi connectivity index (χ3v) is 5.14. The molecule has 1 aliphatic rings. The lowest BCUT2D eigenvalue weighted by atomic mass is 9.95. The number of benzene rings is 2. The first-order chi connectivity index (χ1) is 14.4. The minimum absolute atomic E-state index is 0.0617. The van der Waals surface area contributed by atoms with Crippen molar-refractivity contribution in [2.24, 2.45) is 0 Å². The van der Waals surface area contributed by atoms with Gasteiger partial charge in [-0.2, -0.15) is 0 Å². The molecule has 7 heteroatoms. The Labute approximate surface area is 175 Å². The van der Waals surface area contributed by atoms with Crippen LogP contribution in [0.4, 0.5) is 5.69 Å². The van der Waals surface area contributed by atoms with E-state index in [2.05, 4.69) is 10.6 Å². The van der Waals surface area contributed by atoms with Gasteiger partial charge in [-0.25, -0.2) is 0 Å². The number of hydrogen-bond donors (Lipinski definition) is 2. The van der Waals surface area contributed by atoms with Crippen LogP contribution in [0.25, 0.3) is 6.08 Å². The summed E-state index contributed by atoms with van der Waals surface area (Å²) >= 11 is 0. The van der Waals surface area contributed by atoms with E-state index < -0.39 is 16.7 Å². The first-order valence-corrected chi connectivity index (χ1v) is 10.1. The van der Waals surface area contributed by atoms with Gasteiger partial charge in [0.1, 0.15) is 5.70 Å². The third kappa shape index (κ3) is 5.76. The Morgan fingerprint density at radius 2 is 1.77 bits per heavy atom. The summed E-state index contributed by atoms with van der Waals surface area (Å²) in [4.78, 5) is 36.2. The Balaban J connectivity index is 1.86. The highest BCUT2D eigenvalue weighted by molar-refractivity contribution is 6.05. The Kier molecular flexibility index (Phi) is 6.95. The van der Waals surface area contributed by atoms with Gasteiger partial charge in [0.2, 0.25) is 0 Å². The number of carbonyl (C=O) groups is 2. The Morgan fingerprint density at radius 1 is 1.07 bits per heavy atom. The molecule has 7 nitrogen and oxygen atoms in total. The van der Waals surface area contributed by atoms with E-state index in [1.165, 1.54) is 18.2 Å². The molecule has 0 spiro atoms. The summed E-state index contributed by atoms with van der Waals surface area (Å²) in [7, 11) is 0. The van der Waals surface area contributed by atoms with Crippen molar-refractivity contribution < 1.29 is 14.5 Å². The van der Waals surface area contributed by atoms with Crippen LogP contribution in [0.1, 0.15) is 53.6 Å². The van der Waals surface area contributed by atoms with Crippen LogP contribution in [-0.2, 0) is 4.79 Å². The minimum Gasteiger partial charge on any atom is -0.348 e. The summed E-state index contributed by atoms with van der Waals surface area (Å²) < 4.78 is 0. The molecule has 0 saturated heterocycles. The van der Waals surface area contributed by atoms with Crippen molar-refractivity contribution in [1.82, 2.24) is 10.6 Å². The van der Waals surface area contributed by atoms with Gasteiger partial charge in [0.05, 0.1) is 4.92 Å². The molecule has 30 heavy (non-hydrogen) atoms. The first-order valence-electron chi connectivity index (χ1n) is 10.1. The van der Waals surface area contributed by atoms with Crippen LogP contribution in [0.3, 0.4) is 0 Å². The number of hydrogen-bond acceptors (Lipinski definition) is 4. The van der Waals surface area contributed by atoms with Gasteiger partial charge < -0.3 is 10.6 Å². The highest BCUT2D eigenvalue weighted by Crippen LogP contribution is 2.19. The molecule has 2 aromatic rings. The molecule has 0 radical (unpaired) electrons. The predicted molar refractivity (Wildman–Crippen MR) is 115 cm³/mol. The smallest absolute Gasteiger partial charge is 0.270 e. The number of aryl methyl sites for hydroxylation is 1. The Bertz CT molecular complexity index is 961. The first kappa shape index (κ1) is 21.2. The van der Waals surface area contributed by atoms with Crippen molar-refractivity contribution in [2.45, 2.75) is 45.1 Å². The average Bonchev–Trinajstić information content (AvgIpc) is 2.74. The largest absolute Gasteiger partial charge is 0.348 e. The van der Waals surface area contributed by atoms with Crippen LogP contribution in [0.15, 0.2) is 54.2 Å². The molecule has 3 rings (SSSR count). The Hall–Kier alpha value is -3.48. The highest BCUT2D eigenvalue weighted by Gasteiger charge is 2.20. The van der Waals surface area contributed by atoms with E-state index in [-0.39, 0.29) is 17.4 Å². The molecule has 156 valence electrons. The second kappa shape index (κ2) is 9.82. The van der Waals surface area contributed by atoms with E-state index in [9.17, 15) is 19.7 Å². The van der Waals surface area contributed by atoms with Crippen LogP contribution in [0.5, 0.6) is 0 Å². The second-order valence-corrected chi connectivity index (χ2v) is 7.54. The zero-order chi connectivity index (χ0) is 21.5. The zero-order valence-electron chi connectivity index (χ0n) is 16.9. The lowest BCUT2D eigenvalue weighted by Gasteiger charge is -2.23. The third-order valence-electron chi connectivity index (χ3n) is 5.14. The number of amides is 2. The quantitative estimate of drug-likeness (QED) is 0.427.